The molecule has 1 aromatic heterocycles. The van der Waals surface area contributed by atoms with Gasteiger partial charge < -0.3 is 25.0 Å². The highest BCUT2D eigenvalue weighted by molar-refractivity contribution is 6.30. The fourth-order valence-corrected chi connectivity index (χ4v) is 4.16. The predicted molar refractivity (Wildman–Crippen MR) is 128 cm³/mol. The first kappa shape index (κ1) is 25.5. The Bertz CT molecular complexity index is 1070. The molecule has 2 heterocycles. The van der Waals surface area contributed by atoms with E-state index in [9.17, 15) is 14.4 Å². The van der Waals surface area contributed by atoms with Gasteiger partial charge in [0.05, 0.1) is 24.1 Å². The summed E-state index contributed by atoms with van der Waals surface area (Å²) in [6.45, 7) is 4.77. The number of pyridine rings is 1. The van der Waals surface area contributed by atoms with Crippen molar-refractivity contribution in [2.75, 3.05) is 45.8 Å². The maximum Gasteiger partial charge on any atom is 0.409 e. The molecule has 1 saturated heterocycles. The third-order valence-corrected chi connectivity index (χ3v) is 6.02. The second kappa shape index (κ2) is 10.8. The van der Waals surface area contributed by atoms with E-state index in [0.29, 0.717) is 0 Å². The van der Waals surface area contributed by atoms with E-state index in [4.69, 9.17) is 21.1 Å². The van der Waals surface area contributed by atoms with Gasteiger partial charge in [0, 0.05) is 27.2 Å². The van der Waals surface area contributed by atoms with Crippen LogP contribution in [0.15, 0.2) is 36.5 Å². The summed E-state index contributed by atoms with van der Waals surface area (Å²) in [7, 11) is 3.01. The summed E-state index contributed by atoms with van der Waals surface area (Å²) in [5, 5.41) is 5.52. The van der Waals surface area contributed by atoms with E-state index >= 15 is 0 Å². The van der Waals surface area contributed by atoms with Crippen molar-refractivity contribution >= 4 is 35.2 Å². The number of methoxy groups -OCH3 is 1. The van der Waals surface area contributed by atoms with Crippen molar-refractivity contribution < 1.29 is 23.9 Å². The van der Waals surface area contributed by atoms with Gasteiger partial charge in [-0.15, -0.1) is 0 Å². The van der Waals surface area contributed by atoms with E-state index in [-0.39, 0.29) is 54.5 Å². The lowest BCUT2D eigenvalue weighted by Crippen LogP contribution is -2.66. The first-order valence-corrected chi connectivity index (χ1v) is 11.3. The fourth-order valence-electron chi connectivity index (χ4n) is 4.00. The maximum absolute atomic E-state index is 13.8. The van der Waals surface area contributed by atoms with Crippen LogP contribution in [0.25, 0.3) is 0 Å². The smallest absolute Gasteiger partial charge is 0.409 e. The maximum atomic E-state index is 13.8. The number of amides is 3. The molecule has 0 unspecified atom stereocenters. The number of carbonyl (C=O) groups is 3. The summed E-state index contributed by atoms with van der Waals surface area (Å²) in [4.78, 5) is 44.1. The number of nitrogens with zero attached hydrogens (tertiary/aromatic N) is 2. The summed E-state index contributed by atoms with van der Waals surface area (Å²) in [6, 6.07) is 9.07. The van der Waals surface area contributed by atoms with Crippen LogP contribution in [0.3, 0.4) is 0 Å². The van der Waals surface area contributed by atoms with Crippen LogP contribution in [0.5, 0.6) is 0 Å². The van der Waals surface area contributed by atoms with Gasteiger partial charge in [-0.25, -0.2) is 9.78 Å². The second-order valence-corrected chi connectivity index (χ2v) is 8.76. The molecule has 34 heavy (non-hydrogen) atoms. The average molecular weight is 489 g/mol. The minimum atomic E-state index is -1.03. The van der Waals surface area contributed by atoms with Crippen molar-refractivity contribution in [2.24, 2.45) is 0 Å². The number of hydrogen-bond donors (Lipinski definition) is 2. The van der Waals surface area contributed by atoms with E-state index in [0.717, 1.165) is 11.1 Å². The number of rotatable bonds is 8. The van der Waals surface area contributed by atoms with E-state index in [1.165, 1.54) is 31.3 Å². The number of halogens is 1. The van der Waals surface area contributed by atoms with Crippen molar-refractivity contribution in [3.05, 3.63) is 58.4 Å². The first-order valence-electron chi connectivity index (χ1n) is 10.9. The molecular weight excluding hydrogens is 460 g/mol. The molecule has 3 rings (SSSR count). The molecule has 2 aromatic rings. The van der Waals surface area contributed by atoms with Gasteiger partial charge in [-0.05, 0) is 23.1 Å². The van der Waals surface area contributed by atoms with Crippen LogP contribution in [0, 0.1) is 0 Å². The topological polar surface area (TPSA) is 110 Å². The first-order chi connectivity index (χ1) is 16.2. The molecule has 0 saturated carbocycles. The molecule has 182 valence electrons. The minimum absolute atomic E-state index is 0.125. The minimum Gasteiger partial charge on any atom is -0.447 e. The molecule has 0 aliphatic carbocycles. The molecule has 0 spiro atoms. The Kier molecular flexibility index (Phi) is 8.11. The van der Waals surface area contributed by atoms with Gasteiger partial charge in [-0.2, -0.15) is 0 Å². The number of hydrogen-bond acceptors (Lipinski definition) is 6. The molecule has 9 nitrogen and oxygen atoms in total. The zero-order valence-electron chi connectivity index (χ0n) is 19.7. The quantitative estimate of drug-likeness (QED) is 0.436. The van der Waals surface area contributed by atoms with Crippen molar-refractivity contribution in [1.29, 1.82) is 0 Å². The van der Waals surface area contributed by atoms with Crippen LogP contribution in [0.2, 0.25) is 5.15 Å². The molecule has 1 fully saturated rings. The molecule has 3 amide bonds. The standard InChI is InChI=1S/C24H29ClN4O5/c1-15(2)16-7-5-6-8-18(16)24(13-29(14-24)23(32)34-10-9-33-4)22(31)28-19-12-27-20(25)11-17(19)21(30)26-3/h5-8,11-12,15H,9-10,13-14H2,1-4H3,(H,26,30)(H,28,31). The van der Waals surface area contributed by atoms with Crippen LogP contribution in [-0.4, -0.2) is 68.3 Å². The van der Waals surface area contributed by atoms with Crippen LogP contribution in [-0.2, 0) is 19.7 Å². The van der Waals surface area contributed by atoms with E-state index < -0.39 is 17.4 Å². The van der Waals surface area contributed by atoms with Crippen molar-refractivity contribution in [3.63, 3.8) is 0 Å². The fraction of sp³-hybridized carbons (Fsp3) is 0.417. The molecule has 2 N–H and O–H groups in total. The van der Waals surface area contributed by atoms with E-state index in [1.807, 2.05) is 38.1 Å². The highest BCUT2D eigenvalue weighted by Gasteiger charge is 2.54. The zero-order valence-corrected chi connectivity index (χ0v) is 20.4. The SMILES string of the molecule is CNC(=O)c1cc(Cl)ncc1NC(=O)C1(c2ccccc2C(C)C)CN(C(=O)OCCOC)C1. The van der Waals surface area contributed by atoms with E-state index in [2.05, 4.69) is 15.6 Å². The molecule has 1 aliphatic heterocycles. The Labute approximate surface area is 203 Å². The second-order valence-electron chi connectivity index (χ2n) is 8.37. The van der Waals surface area contributed by atoms with Crippen LogP contribution >= 0.6 is 11.6 Å². The van der Waals surface area contributed by atoms with Gasteiger partial charge in [0.25, 0.3) is 5.91 Å². The van der Waals surface area contributed by atoms with Crippen molar-refractivity contribution in [1.82, 2.24) is 15.2 Å². The molecule has 0 radical (unpaired) electrons. The Morgan fingerprint density at radius 2 is 1.91 bits per heavy atom. The van der Waals surface area contributed by atoms with Gasteiger partial charge in [0.1, 0.15) is 17.2 Å². The lowest BCUT2D eigenvalue weighted by atomic mass is 9.70. The lowest BCUT2D eigenvalue weighted by Gasteiger charge is -2.49. The summed E-state index contributed by atoms with van der Waals surface area (Å²) >= 11 is 5.97. The molecule has 10 heteroatoms. The van der Waals surface area contributed by atoms with Gasteiger partial charge >= 0.3 is 6.09 Å². The highest BCUT2D eigenvalue weighted by Crippen LogP contribution is 2.40. The van der Waals surface area contributed by atoms with Gasteiger partial charge in [-0.1, -0.05) is 49.7 Å². The molecule has 0 bridgehead atoms. The Hall–Kier alpha value is -3.17. The van der Waals surface area contributed by atoms with Gasteiger partial charge in [0.15, 0.2) is 0 Å². The monoisotopic (exact) mass is 488 g/mol. The van der Waals surface area contributed by atoms with Crippen molar-refractivity contribution in [3.8, 4) is 0 Å². The van der Waals surface area contributed by atoms with Crippen molar-refractivity contribution in [2.45, 2.75) is 25.2 Å². The van der Waals surface area contributed by atoms with Crippen LogP contribution < -0.4 is 10.6 Å². The third-order valence-electron chi connectivity index (χ3n) is 5.82. The summed E-state index contributed by atoms with van der Waals surface area (Å²) in [5.74, 6) is -0.605. The summed E-state index contributed by atoms with van der Waals surface area (Å²) < 4.78 is 10.1. The Balaban J connectivity index is 1.95. The zero-order chi connectivity index (χ0) is 24.9. The largest absolute Gasteiger partial charge is 0.447 e. The number of likely N-dealkylation sites (tertiary alicyclic amines) is 1. The number of benzene rings is 1. The van der Waals surface area contributed by atoms with Gasteiger partial charge in [-0.3, -0.25) is 9.59 Å². The Morgan fingerprint density at radius 1 is 1.21 bits per heavy atom. The molecule has 1 aliphatic rings. The Morgan fingerprint density at radius 3 is 2.56 bits per heavy atom. The number of ether oxygens (including phenoxy) is 2. The predicted octanol–water partition coefficient (Wildman–Crippen LogP) is 3.19. The number of carbonyl (C=O) groups excluding carboxylic acids is 3. The number of aromatic nitrogens is 1. The number of nitrogens with one attached hydrogen (secondary N) is 2. The highest BCUT2D eigenvalue weighted by atomic mass is 35.5. The number of anilines is 1. The molecular formula is C24H29ClN4O5. The van der Waals surface area contributed by atoms with Crippen LogP contribution in [0.1, 0.15) is 41.3 Å². The third kappa shape index (κ3) is 5.15. The van der Waals surface area contributed by atoms with E-state index in [1.54, 1.807) is 0 Å². The van der Waals surface area contributed by atoms with Gasteiger partial charge in [0.2, 0.25) is 5.91 Å². The lowest BCUT2D eigenvalue weighted by molar-refractivity contribution is -0.127. The average Bonchev–Trinajstić information content (AvgIpc) is 2.79. The normalized spacial score (nSPS) is 14.4. The summed E-state index contributed by atoms with van der Waals surface area (Å²) in [5.41, 5.74) is 1.23. The summed E-state index contributed by atoms with van der Waals surface area (Å²) in [6.07, 6.45) is 0.837. The molecule has 0 atom stereocenters. The molecule has 1 aromatic carbocycles. The van der Waals surface area contributed by atoms with Crippen LogP contribution in [0.4, 0.5) is 10.5 Å².